The fourth-order valence-corrected chi connectivity index (χ4v) is 2.92. The van der Waals surface area contributed by atoms with E-state index in [9.17, 15) is 22.7 Å². The van der Waals surface area contributed by atoms with Gasteiger partial charge in [0.05, 0.1) is 11.6 Å². The van der Waals surface area contributed by atoms with E-state index in [0.717, 1.165) is 6.07 Å². The maximum atomic E-state index is 13.7. The van der Waals surface area contributed by atoms with Gasteiger partial charge in [0.2, 0.25) is 0 Å². The number of alkyl halides is 3. The second-order valence-electron chi connectivity index (χ2n) is 5.74. The Morgan fingerprint density at radius 2 is 2.00 bits per heavy atom. The van der Waals surface area contributed by atoms with Gasteiger partial charge in [0.1, 0.15) is 11.9 Å². The zero-order valence-electron chi connectivity index (χ0n) is 12.1. The first-order valence-electron chi connectivity index (χ1n) is 6.88. The Morgan fingerprint density at radius 3 is 2.50 bits per heavy atom. The molecule has 1 fully saturated rings. The van der Waals surface area contributed by atoms with Crippen molar-refractivity contribution in [2.24, 2.45) is 11.8 Å². The molecule has 0 aromatic heterocycles. The molecule has 0 aliphatic carbocycles. The van der Waals surface area contributed by atoms with Crippen molar-refractivity contribution in [2.75, 3.05) is 11.4 Å². The van der Waals surface area contributed by atoms with Crippen LogP contribution in [0.25, 0.3) is 0 Å². The average molecular weight is 316 g/mol. The fraction of sp³-hybridized carbons (Fsp3) is 0.533. The molecule has 0 spiro atoms. The van der Waals surface area contributed by atoms with Crippen LogP contribution in [-0.2, 0) is 0 Å². The van der Waals surface area contributed by atoms with E-state index in [2.05, 4.69) is 0 Å². The predicted octanol–water partition coefficient (Wildman–Crippen LogP) is 3.08. The smallest absolute Gasteiger partial charge is 0.382 e. The third-order valence-electron chi connectivity index (χ3n) is 4.34. The molecule has 120 valence electrons. The van der Waals surface area contributed by atoms with Gasteiger partial charge in [0, 0.05) is 12.2 Å². The third kappa shape index (κ3) is 2.88. The number of anilines is 1. The molecule has 1 heterocycles. The summed E-state index contributed by atoms with van der Waals surface area (Å²) in [5.41, 5.74) is 0.0676. The molecule has 0 bridgehead atoms. The molecule has 1 saturated heterocycles. The van der Waals surface area contributed by atoms with Gasteiger partial charge in [-0.3, -0.25) is 0 Å². The first-order valence-corrected chi connectivity index (χ1v) is 6.88. The lowest BCUT2D eigenvalue weighted by molar-refractivity contribution is -0.211. The van der Waals surface area contributed by atoms with Crippen molar-refractivity contribution in [2.45, 2.75) is 32.2 Å². The molecule has 1 aliphatic rings. The fourth-order valence-electron chi connectivity index (χ4n) is 2.92. The number of hydrogen-bond acceptors (Lipinski definition) is 3. The van der Waals surface area contributed by atoms with Crippen molar-refractivity contribution in [3.05, 3.63) is 29.6 Å². The van der Waals surface area contributed by atoms with Crippen LogP contribution in [0.5, 0.6) is 0 Å². The minimum Gasteiger partial charge on any atom is -0.382 e. The number of benzene rings is 1. The lowest BCUT2D eigenvalue weighted by Crippen LogP contribution is -2.49. The quantitative estimate of drug-likeness (QED) is 0.853. The molecule has 1 N–H and O–H groups in total. The number of aliphatic hydroxyl groups is 1. The van der Waals surface area contributed by atoms with E-state index in [4.69, 9.17) is 5.26 Å². The Kier molecular flexibility index (Phi) is 4.34. The lowest BCUT2D eigenvalue weighted by atomic mass is 9.90. The van der Waals surface area contributed by atoms with Crippen molar-refractivity contribution in [3.63, 3.8) is 0 Å². The Balaban J connectivity index is 2.40. The highest BCUT2D eigenvalue weighted by Gasteiger charge is 2.51. The highest BCUT2D eigenvalue weighted by Crippen LogP contribution is 2.39. The highest BCUT2D eigenvalue weighted by molar-refractivity contribution is 5.52. The van der Waals surface area contributed by atoms with Gasteiger partial charge in [-0.2, -0.15) is 18.4 Å². The van der Waals surface area contributed by atoms with E-state index in [-0.39, 0.29) is 23.7 Å². The molecular weight excluding hydrogens is 300 g/mol. The number of nitriles is 1. The Hall–Kier alpha value is -1.81. The second-order valence-corrected chi connectivity index (χ2v) is 5.74. The van der Waals surface area contributed by atoms with Crippen molar-refractivity contribution in [1.82, 2.24) is 0 Å². The molecule has 0 saturated carbocycles. The summed E-state index contributed by atoms with van der Waals surface area (Å²) in [6, 6.07) is 4.17. The van der Waals surface area contributed by atoms with Gasteiger partial charge in [-0.15, -0.1) is 0 Å². The van der Waals surface area contributed by atoms with E-state index in [1.165, 1.54) is 17.0 Å². The van der Waals surface area contributed by atoms with Crippen LogP contribution < -0.4 is 4.90 Å². The largest absolute Gasteiger partial charge is 0.416 e. The van der Waals surface area contributed by atoms with E-state index in [0.29, 0.717) is 0 Å². The first-order chi connectivity index (χ1) is 10.2. The van der Waals surface area contributed by atoms with Crippen LogP contribution in [0.1, 0.15) is 19.4 Å². The van der Waals surface area contributed by atoms with Crippen LogP contribution in [0.3, 0.4) is 0 Å². The molecule has 3 nitrogen and oxygen atoms in total. The zero-order chi connectivity index (χ0) is 16.7. The molecule has 2 rings (SSSR count). The average Bonchev–Trinajstić information content (AvgIpc) is 2.73. The van der Waals surface area contributed by atoms with E-state index < -0.39 is 30.1 Å². The van der Waals surface area contributed by atoms with Crippen LogP contribution in [-0.4, -0.2) is 30.0 Å². The summed E-state index contributed by atoms with van der Waals surface area (Å²) < 4.78 is 52.4. The van der Waals surface area contributed by atoms with Crippen LogP contribution in [0.4, 0.5) is 23.2 Å². The molecule has 22 heavy (non-hydrogen) atoms. The first kappa shape index (κ1) is 16.6. The second kappa shape index (κ2) is 5.76. The minimum atomic E-state index is -4.74. The lowest BCUT2D eigenvalue weighted by Gasteiger charge is -2.33. The van der Waals surface area contributed by atoms with Crippen molar-refractivity contribution >= 4 is 5.69 Å². The summed E-state index contributed by atoms with van der Waals surface area (Å²) in [6.07, 6.45) is -7.25. The topological polar surface area (TPSA) is 47.3 Å². The Bertz CT molecular complexity index is 596. The molecule has 1 aromatic rings. The van der Waals surface area contributed by atoms with Crippen LogP contribution >= 0.6 is 0 Å². The van der Waals surface area contributed by atoms with Gasteiger partial charge in [-0.05, 0) is 30.0 Å². The van der Waals surface area contributed by atoms with E-state index in [1.54, 1.807) is 19.9 Å². The molecule has 0 amide bonds. The summed E-state index contributed by atoms with van der Waals surface area (Å²) >= 11 is 0. The van der Waals surface area contributed by atoms with Crippen LogP contribution in [0.2, 0.25) is 0 Å². The molecular formula is C15H16F4N2O. The number of rotatable bonds is 2. The SMILES string of the molecule is C[C@@H]1[C@H]([C@H](O)C(F)(F)F)N(c2ccc(C#N)c(F)c2)C[C@@H]1C. The standard InChI is InChI=1S/C15H16F4N2O/c1-8-7-21(11-4-3-10(6-20)12(16)5-11)13(9(8)2)14(22)15(17,18)19/h3-5,8-9,13-14,22H,7H2,1-2H3/t8-,9-,13+,14-/m0/s1. The Morgan fingerprint density at radius 1 is 1.36 bits per heavy atom. The van der Waals surface area contributed by atoms with E-state index >= 15 is 0 Å². The van der Waals surface area contributed by atoms with Crippen molar-refractivity contribution in [1.29, 1.82) is 5.26 Å². The Labute approximate surface area is 125 Å². The van der Waals surface area contributed by atoms with Crippen molar-refractivity contribution < 1.29 is 22.7 Å². The monoisotopic (exact) mass is 316 g/mol. The number of nitrogens with zero attached hydrogens (tertiary/aromatic N) is 2. The molecule has 0 unspecified atom stereocenters. The van der Waals surface area contributed by atoms with Gasteiger partial charge in [-0.1, -0.05) is 13.8 Å². The summed E-state index contributed by atoms with van der Waals surface area (Å²) in [5, 5.41) is 18.4. The summed E-state index contributed by atoms with van der Waals surface area (Å²) in [4.78, 5) is 1.37. The zero-order valence-corrected chi connectivity index (χ0v) is 12.1. The minimum absolute atomic E-state index is 0.0827. The molecule has 0 radical (unpaired) electrons. The highest BCUT2D eigenvalue weighted by atomic mass is 19.4. The number of hydrogen-bond donors (Lipinski definition) is 1. The van der Waals surface area contributed by atoms with Crippen LogP contribution in [0, 0.1) is 29.0 Å². The van der Waals surface area contributed by atoms with Gasteiger partial charge in [0.25, 0.3) is 0 Å². The van der Waals surface area contributed by atoms with Gasteiger partial charge >= 0.3 is 6.18 Å². The molecule has 7 heteroatoms. The predicted molar refractivity (Wildman–Crippen MR) is 72.6 cm³/mol. The third-order valence-corrected chi connectivity index (χ3v) is 4.34. The molecule has 4 atom stereocenters. The van der Waals surface area contributed by atoms with Gasteiger partial charge in [-0.25, -0.2) is 4.39 Å². The molecule has 1 aromatic carbocycles. The van der Waals surface area contributed by atoms with Gasteiger partial charge < -0.3 is 10.0 Å². The summed E-state index contributed by atoms with van der Waals surface area (Å²) in [6.45, 7) is 3.72. The normalized spacial score (nSPS) is 26.8. The maximum Gasteiger partial charge on any atom is 0.416 e. The maximum absolute atomic E-state index is 13.7. The van der Waals surface area contributed by atoms with E-state index in [1.807, 2.05) is 0 Å². The summed E-state index contributed by atoms with van der Waals surface area (Å²) in [5.74, 6) is -1.27. The van der Waals surface area contributed by atoms with Crippen LogP contribution in [0.15, 0.2) is 18.2 Å². The number of halogens is 4. The number of aliphatic hydroxyl groups excluding tert-OH is 1. The van der Waals surface area contributed by atoms with Gasteiger partial charge in [0.15, 0.2) is 6.10 Å². The summed E-state index contributed by atoms with van der Waals surface area (Å²) in [7, 11) is 0. The molecule has 1 aliphatic heterocycles. The van der Waals surface area contributed by atoms with Crippen molar-refractivity contribution in [3.8, 4) is 6.07 Å².